The van der Waals surface area contributed by atoms with Crippen LogP contribution in [0, 0.1) is 5.53 Å². The van der Waals surface area contributed by atoms with Crippen molar-refractivity contribution in [1.82, 2.24) is 0 Å². The first-order valence-electron chi connectivity index (χ1n) is 3.98. The van der Waals surface area contributed by atoms with E-state index >= 15 is 0 Å². The van der Waals surface area contributed by atoms with Crippen LogP contribution in [0.1, 0.15) is 5.56 Å². The summed E-state index contributed by atoms with van der Waals surface area (Å²) in [6.45, 7) is 0. The second kappa shape index (κ2) is 2.85. The number of alkyl halides is 3. The molecular weight excluding hydrogens is 209 g/mol. The summed E-state index contributed by atoms with van der Waals surface area (Å²) in [5, 5.41) is 9.15. The van der Waals surface area contributed by atoms with Gasteiger partial charge in [-0.15, -0.1) is 10.2 Å². The van der Waals surface area contributed by atoms with Crippen LogP contribution in [-0.4, -0.2) is 6.18 Å². The van der Waals surface area contributed by atoms with Crippen LogP contribution in [0.4, 0.5) is 18.9 Å². The highest BCUT2D eigenvalue weighted by Crippen LogP contribution is 2.52. The van der Waals surface area contributed by atoms with Crippen molar-refractivity contribution in [3.05, 3.63) is 29.8 Å². The maximum atomic E-state index is 12.6. The van der Waals surface area contributed by atoms with Crippen molar-refractivity contribution in [2.75, 3.05) is 0 Å². The zero-order valence-electron chi connectivity index (χ0n) is 7.28. The lowest BCUT2D eigenvalue weighted by molar-refractivity contribution is -0.166. The van der Waals surface area contributed by atoms with Crippen molar-refractivity contribution in [3.63, 3.8) is 0 Å². The minimum absolute atomic E-state index is 0.108. The lowest BCUT2D eigenvalue weighted by Gasteiger charge is -2.14. The van der Waals surface area contributed by atoms with Crippen molar-refractivity contribution in [3.8, 4) is 0 Å². The molecule has 0 saturated carbocycles. The van der Waals surface area contributed by atoms with Crippen LogP contribution >= 0.6 is 0 Å². The minimum atomic E-state index is -4.53. The summed E-state index contributed by atoms with van der Waals surface area (Å²) < 4.78 is 37.7. The van der Waals surface area contributed by atoms with E-state index in [1.54, 1.807) is 0 Å². The first-order valence-corrected chi connectivity index (χ1v) is 3.98. The van der Waals surface area contributed by atoms with E-state index in [1.165, 1.54) is 18.2 Å². The minimum Gasteiger partial charge on any atom is -0.204 e. The molecule has 78 valence electrons. The summed E-state index contributed by atoms with van der Waals surface area (Å²) in [5.74, 6) is 0. The predicted molar refractivity (Wildman–Crippen MR) is 43.8 cm³/mol. The zero-order chi connectivity index (χ0) is 11.1. The average Bonchev–Trinajstić information content (AvgIpc) is 2.97. The molecule has 0 aliphatic carbocycles. The number of benzene rings is 1. The molecule has 1 aromatic rings. The molecule has 4 nitrogen and oxygen atoms in total. The van der Waals surface area contributed by atoms with E-state index in [0.29, 0.717) is 0 Å². The van der Waals surface area contributed by atoms with Gasteiger partial charge < -0.3 is 0 Å². The molecule has 1 aromatic carbocycles. The molecule has 0 atom stereocenters. The Balaban J connectivity index is 2.42. The van der Waals surface area contributed by atoms with Gasteiger partial charge in [-0.1, -0.05) is 12.1 Å². The lowest BCUT2D eigenvalue weighted by Crippen LogP contribution is -2.29. The molecule has 1 N–H and O–H groups in total. The van der Waals surface area contributed by atoms with Gasteiger partial charge in [0.2, 0.25) is 0 Å². The number of halogens is 3. The number of rotatable bonds is 2. The van der Waals surface area contributed by atoms with Crippen molar-refractivity contribution in [1.29, 1.82) is 5.53 Å². The standard InChI is InChI=1S/C8H5F3N4/c9-8(10,11)7(14-15-7)5-2-1-3-6(4-5)13-12/h1-4,12H. The molecule has 0 bridgehead atoms. The van der Waals surface area contributed by atoms with Gasteiger partial charge in [0.15, 0.2) is 0 Å². The molecular formula is C8H5F3N4. The van der Waals surface area contributed by atoms with Crippen LogP contribution in [-0.2, 0) is 5.66 Å². The maximum Gasteiger partial charge on any atom is 0.442 e. The Labute approximate surface area is 82.3 Å². The smallest absolute Gasteiger partial charge is 0.204 e. The molecule has 1 aliphatic heterocycles. The highest BCUT2D eigenvalue weighted by molar-refractivity contribution is 5.43. The Morgan fingerprint density at radius 2 is 1.93 bits per heavy atom. The van der Waals surface area contributed by atoms with Crippen LogP contribution in [0.2, 0.25) is 0 Å². The maximum absolute atomic E-state index is 12.6. The van der Waals surface area contributed by atoms with E-state index < -0.39 is 11.8 Å². The molecule has 0 radical (unpaired) electrons. The summed E-state index contributed by atoms with van der Waals surface area (Å²) in [5.41, 5.74) is 4.32. The molecule has 15 heavy (non-hydrogen) atoms. The fraction of sp³-hybridized carbons (Fsp3) is 0.250. The van der Waals surface area contributed by atoms with E-state index in [9.17, 15) is 13.2 Å². The number of hydrogen-bond donors (Lipinski definition) is 1. The fourth-order valence-electron chi connectivity index (χ4n) is 1.23. The first-order chi connectivity index (χ1) is 6.99. The van der Waals surface area contributed by atoms with Crippen molar-refractivity contribution >= 4 is 5.69 Å². The molecule has 2 rings (SSSR count). The SMILES string of the molecule is N=Nc1cccc(C2(C(F)(F)F)N=N2)c1. The number of nitrogens with one attached hydrogen (secondary N) is 1. The number of nitrogens with zero attached hydrogens (tertiary/aromatic N) is 3. The van der Waals surface area contributed by atoms with Crippen molar-refractivity contribution in [2.24, 2.45) is 15.3 Å². The monoisotopic (exact) mass is 214 g/mol. The normalized spacial score (nSPS) is 17.5. The lowest BCUT2D eigenvalue weighted by atomic mass is 10.0. The average molecular weight is 214 g/mol. The van der Waals surface area contributed by atoms with Gasteiger partial charge in [0.25, 0.3) is 0 Å². The summed E-state index contributed by atoms with van der Waals surface area (Å²) in [7, 11) is 0. The van der Waals surface area contributed by atoms with Gasteiger partial charge in [0.1, 0.15) is 0 Å². The van der Waals surface area contributed by atoms with Gasteiger partial charge >= 0.3 is 11.8 Å². The van der Waals surface area contributed by atoms with Gasteiger partial charge in [0, 0.05) is 5.56 Å². The zero-order valence-corrected chi connectivity index (χ0v) is 7.28. The summed E-state index contributed by atoms with van der Waals surface area (Å²) >= 11 is 0. The van der Waals surface area contributed by atoms with E-state index in [4.69, 9.17) is 5.53 Å². The Morgan fingerprint density at radius 1 is 1.27 bits per heavy atom. The summed E-state index contributed by atoms with van der Waals surface area (Å²) in [4.78, 5) is 0. The fourth-order valence-corrected chi connectivity index (χ4v) is 1.23. The van der Waals surface area contributed by atoms with Crippen LogP contribution in [0.25, 0.3) is 0 Å². The van der Waals surface area contributed by atoms with Crippen LogP contribution in [0.15, 0.2) is 39.6 Å². The Morgan fingerprint density at radius 3 is 2.40 bits per heavy atom. The van der Waals surface area contributed by atoms with Gasteiger partial charge in [-0.25, -0.2) is 5.53 Å². The summed E-state index contributed by atoms with van der Waals surface area (Å²) in [6.07, 6.45) is -4.53. The third-order valence-electron chi connectivity index (χ3n) is 2.07. The third kappa shape index (κ3) is 1.39. The van der Waals surface area contributed by atoms with E-state index in [2.05, 4.69) is 15.3 Å². The third-order valence-corrected chi connectivity index (χ3v) is 2.07. The molecule has 1 heterocycles. The van der Waals surface area contributed by atoms with Gasteiger partial charge in [-0.05, 0) is 12.1 Å². The predicted octanol–water partition coefficient (Wildman–Crippen LogP) is 3.53. The molecule has 0 aromatic heterocycles. The van der Waals surface area contributed by atoms with Crippen molar-refractivity contribution in [2.45, 2.75) is 11.8 Å². The van der Waals surface area contributed by atoms with E-state index in [1.807, 2.05) is 0 Å². The number of hydrogen-bond acceptors (Lipinski definition) is 4. The van der Waals surface area contributed by atoms with E-state index in [-0.39, 0.29) is 11.3 Å². The highest BCUT2D eigenvalue weighted by Gasteiger charge is 2.65. The Kier molecular flexibility index (Phi) is 1.85. The molecule has 7 heteroatoms. The van der Waals surface area contributed by atoms with Crippen molar-refractivity contribution < 1.29 is 13.2 Å². The van der Waals surface area contributed by atoms with Crippen LogP contribution in [0.3, 0.4) is 0 Å². The molecule has 0 fully saturated rings. The second-order valence-corrected chi connectivity index (χ2v) is 3.03. The first kappa shape index (κ1) is 9.75. The second-order valence-electron chi connectivity index (χ2n) is 3.03. The largest absolute Gasteiger partial charge is 0.442 e. The van der Waals surface area contributed by atoms with Gasteiger partial charge in [-0.3, -0.25) is 0 Å². The topological polar surface area (TPSA) is 60.9 Å². The van der Waals surface area contributed by atoms with Crippen LogP contribution < -0.4 is 0 Å². The molecule has 0 amide bonds. The van der Waals surface area contributed by atoms with Gasteiger partial charge in [-0.2, -0.15) is 18.3 Å². The molecule has 0 unspecified atom stereocenters. The summed E-state index contributed by atoms with van der Waals surface area (Å²) in [6, 6.07) is 5.24. The molecule has 1 aliphatic rings. The Hall–Kier alpha value is -1.79. The Bertz CT molecular complexity index is 432. The quantitative estimate of drug-likeness (QED) is 0.732. The molecule has 0 spiro atoms. The highest BCUT2D eigenvalue weighted by atomic mass is 19.4. The molecule has 0 saturated heterocycles. The van der Waals surface area contributed by atoms with Crippen LogP contribution in [0.5, 0.6) is 0 Å². The van der Waals surface area contributed by atoms with E-state index in [0.717, 1.165) is 6.07 Å². The van der Waals surface area contributed by atoms with Gasteiger partial charge in [0.05, 0.1) is 5.69 Å².